The van der Waals surface area contributed by atoms with Crippen LogP contribution in [-0.2, 0) is 26.5 Å². The van der Waals surface area contributed by atoms with Gasteiger partial charge in [-0.3, -0.25) is 0 Å². The zero-order valence-electron chi connectivity index (χ0n) is 14.4. The number of aryl methyl sites for hydroxylation is 3. The monoisotopic (exact) mass is 382 g/mol. The fourth-order valence-corrected chi connectivity index (χ4v) is 4.83. The lowest BCUT2D eigenvalue weighted by molar-refractivity contribution is 0.580. The van der Waals surface area contributed by atoms with Crippen molar-refractivity contribution < 1.29 is 16.8 Å². The molecular weight excluding hydrogens is 360 g/mol. The fraction of sp³-hybridized carbons (Fsp3) is 0.294. The lowest BCUT2D eigenvalue weighted by Gasteiger charge is -2.13. The van der Waals surface area contributed by atoms with E-state index in [9.17, 15) is 16.8 Å². The molecule has 8 heteroatoms. The van der Waals surface area contributed by atoms with E-state index >= 15 is 0 Å². The van der Waals surface area contributed by atoms with Crippen LogP contribution in [-0.4, -0.2) is 23.4 Å². The maximum atomic E-state index is 12.6. The maximum absolute atomic E-state index is 12.6. The highest BCUT2D eigenvalue weighted by Crippen LogP contribution is 2.21. The van der Waals surface area contributed by atoms with E-state index in [2.05, 4.69) is 4.72 Å². The standard InChI is InChI=1S/C17H22N2O4S2/c1-12-10-13(2)17(14(3)11-12)25(22,23)19-9-8-15-4-6-16(7-5-15)24(18,20)21/h4-7,10-11,19H,8-9H2,1-3H3,(H2,18,20,21). The molecule has 0 aliphatic carbocycles. The van der Waals surface area contributed by atoms with Crippen LogP contribution in [0.2, 0.25) is 0 Å². The van der Waals surface area contributed by atoms with Crippen LogP contribution in [0, 0.1) is 20.8 Å². The summed E-state index contributed by atoms with van der Waals surface area (Å²) >= 11 is 0. The number of hydrogen-bond donors (Lipinski definition) is 2. The summed E-state index contributed by atoms with van der Waals surface area (Å²) in [7, 11) is -7.33. The lowest BCUT2D eigenvalue weighted by atomic mass is 10.1. The Kier molecular flexibility index (Phi) is 5.68. The number of hydrogen-bond acceptors (Lipinski definition) is 4. The van der Waals surface area contributed by atoms with Crippen LogP contribution in [0.3, 0.4) is 0 Å². The minimum absolute atomic E-state index is 0.0303. The molecule has 25 heavy (non-hydrogen) atoms. The van der Waals surface area contributed by atoms with Gasteiger partial charge < -0.3 is 0 Å². The highest BCUT2D eigenvalue weighted by molar-refractivity contribution is 7.89. The molecule has 2 aromatic carbocycles. The smallest absolute Gasteiger partial charge is 0.225 e. The summed E-state index contributed by atoms with van der Waals surface area (Å²) in [6.07, 6.45) is 0.439. The van der Waals surface area contributed by atoms with E-state index in [1.807, 2.05) is 19.1 Å². The summed E-state index contributed by atoms with van der Waals surface area (Å²) in [6, 6.07) is 9.74. The van der Waals surface area contributed by atoms with Gasteiger partial charge in [0.15, 0.2) is 0 Å². The summed E-state index contributed by atoms with van der Waals surface area (Å²) in [6.45, 7) is 5.69. The molecule has 0 heterocycles. The molecule has 0 saturated carbocycles. The van der Waals surface area contributed by atoms with Crippen LogP contribution < -0.4 is 9.86 Å². The lowest BCUT2D eigenvalue weighted by Crippen LogP contribution is -2.27. The minimum Gasteiger partial charge on any atom is -0.225 e. The molecule has 0 saturated heterocycles. The zero-order valence-corrected chi connectivity index (χ0v) is 16.0. The van der Waals surface area contributed by atoms with Gasteiger partial charge in [-0.25, -0.2) is 26.7 Å². The first-order valence-corrected chi connectivity index (χ1v) is 10.7. The Morgan fingerprint density at radius 3 is 1.92 bits per heavy atom. The van der Waals surface area contributed by atoms with Crippen LogP contribution in [0.15, 0.2) is 46.2 Å². The van der Waals surface area contributed by atoms with Gasteiger partial charge in [-0.2, -0.15) is 0 Å². The molecule has 0 aromatic heterocycles. The van der Waals surface area contributed by atoms with Crippen molar-refractivity contribution in [2.75, 3.05) is 6.54 Å². The van der Waals surface area contributed by atoms with E-state index in [1.54, 1.807) is 26.0 Å². The first kappa shape index (κ1) is 19.6. The summed E-state index contributed by atoms with van der Waals surface area (Å²) in [5, 5.41) is 5.05. The number of nitrogens with one attached hydrogen (secondary N) is 1. The molecule has 0 atom stereocenters. The molecule has 0 radical (unpaired) electrons. The SMILES string of the molecule is Cc1cc(C)c(S(=O)(=O)NCCc2ccc(S(N)(=O)=O)cc2)c(C)c1. The van der Waals surface area contributed by atoms with Crippen LogP contribution in [0.25, 0.3) is 0 Å². The second kappa shape index (κ2) is 7.25. The van der Waals surface area contributed by atoms with E-state index in [0.717, 1.165) is 11.1 Å². The van der Waals surface area contributed by atoms with E-state index in [1.165, 1.54) is 12.1 Å². The number of nitrogens with two attached hydrogens (primary N) is 1. The third-order valence-corrected chi connectivity index (χ3v) is 6.53. The van der Waals surface area contributed by atoms with Gasteiger partial charge in [0.05, 0.1) is 9.79 Å². The Morgan fingerprint density at radius 2 is 1.44 bits per heavy atom. The van der Waals surface area contributed by atoms with Crippen molar-refractivity contribution in [2.45, 2.75) is 37.0 Å². The topological polar surface area (TPSA) is 106 Å². The zero-order chi connectivity index (χ0) is 18.8. The molecule has 0 fully saturated rings. The van der Waals surface area contributed by atoms with E-state index < -0.39 is 20.0 Å². The first-order chi connectivity index (χ1) is 11.5. The van der Waals surface area contributed by atoms with Crippen molar-refractivity contribution in [3.8, 4) is 0 Å². The highest BCUT2D eigenvalue weighted by Gasteiger charge is 2.19. The second-order valence-electron chi connectivity index (χ2n) is 6.06. The average molecular weight is 383 g/mol. The molecule has 0 aliphatic rings. The van der Waals surface area contributed by atoms with Gasteiger partial charge in [0.1, 0.15) is 0 Å². The van der Waals surface area contributed by atoms with Crippen molar-refractivity contribution in [3.63, 3.8) is 0 Å². The molecule has 2 aromatic rings. The summed E-state index contributed by atoms with van der Waals surface area (Å²) in [4.78, 5) is 0.338. The number of primary sulfonamides is 1. The first-order valence-electron chi connectivity index (χ1n) is 7.70. The molecule has 0 aliphatic heterocycles. The maximum Gasteiger partial charge on any atom is 0.241 e. The predicted octanol–water partition coefficient (Wildman–Crippen LogP) is 1.78. The van der Waals surface area contributed by atoms with E-state index in [0.29, 0.717) is 22.4 Å². The fourth-order valence-electron chi connectivity index (χ4n) is 2.84. The minimum atomic E-state index is -3.72. The molecule has 0 amide bonds. The highest BCUT2D eigenvalue weighted by atomic mass is 32.2. The van der Waals surface area contributed by atoms with Crippen molar-refractivity contribution in [2.24, 2.45) is 5.14 Å². The molecular formula is C17H22N2O4S2. The van der Waals surface area contributed by atoms with Gasteiger partial charge in [0.2, 0.25) is 20.0 Å². The third-order valence-electron chi connectivity index (χ3n) is 3.83. The Labute approximate surface area is 149 Å². The normalized spacial score (nSPS) is 12.3. The molecule has 0 spiro atoms. The average Bonchev–Trinajstić information content (AvgIpc) is 2.45. The van der Waals surface area contributed by atoms with E-state index in [4.69, 9.17) is 5.14 Å². The summed E-state index contributed by atoms with van der Waals surface area (Å²) in [5.41, 5.74) is 3.25. The third kappa shape index (κ3) is 4.88. The van der Waals surface area contributed by atoms with E-state index in [-0.39, 0.29) is 11.4 Å². The van der Waals surface area contributed by atoms with Gasteiger partial charge >= 0.3 is 0 Å². The van der Waals surface area contributed by atoms with Crippen LogP contribution >= 0.6 is 0 Å². The largest absolute Gasteiger partial charge is 0.241 e. The van der Waals surface area contributed by atoms with Gasteiger partial charge in [-0.15, -0.1) is 0 Å². The van der Waals surface area contributed by atoms with Crippen LogP contribution in [0.4, 0.5) is 0 Å². The molecule has 2 rings (SSSR count). The van der Waals surface area contributed by atoms with Crippen molar-refractivity contribution in [1.29, 1.82) is 0 Å². The summed E-state index contributed by atoms with van der Waals surface area (Å²) in [5.74, 6) is 0. The number of rotatable bonds is 6. The summed E-state index contributed by atoms with van der Waals surface area (Å²) < 4.78 is 50.1. The molecule has 0 bridgehead atoms. The van der Waals surface area contributed by atoms with Crippen molar-refractivity contribution in [1.82, 2.24) is 4.72 Å². The predicted molar refractivity (Wildman–Crippen MR) is 97.4 cm³/mol. The van der Waals surface area contributed by atoms with Gasteiger partial charge in [0.25, 0.3) is 0 Å². The Balaban J connectivity index is 2.09. The Morgan fingerprint density at radius 1 is 0.920 bits per heavy atom. The van der Waals surface area contributed by atoms with Gasteiger partial charge in [-0.1, -0.05) is 29.8 Å². The molecule has 3 N–H and O–H groups in total. The Bertz CT molecular complexity index is 957. The molecule has 0 unspecified atom stereocenters. The van der Waals surface area contributed by atoms with Gasteiger partial charge in [0, 0.05) is 6.54 Å². The van der Waals surface area contributed by atoms with Crippen molar-refractivity contribution in [3.05, 3.63) is 58.7 Å². The van der Waals surface area contributed by atoms with Crippen molar-refractivity contribution >= 4 is 20.0 Å². The quantitative estimate of drug-likeness (QED) is 0.794. The number of benzene rings is 2. The van der Waals surface area contributed by atoms with Crippen LogP contribution in [0.1, 0.15) is 22.3 Å². The Hall–Kier alpha value is -1.74. The van der Waals surface area contributed by atoms with Gasteiger partial charge in [-0.05, 0) is 56.0 Å². The molecule has 136 valence electrons. The molecule has 6 nitrogen and oxygen atoms in total. The second-order valence-corrected chi connectivity index (χ2v) is 9.33. The number of sulfonamides is 2. The van der Waals surface area contributed by atoms with Crippen LogP contribution in [0.5, 0.6) is 0 Å².